The quantitative estimate of drug-likeness (QED) is 0.747. The van der Waals surface area contributed by atoms with Crippen molar-refractivity contribution >= 4 is 49.9 Å². The lowest BCUT2D eigenvalue weighted by Crippen LogP contribution is -2.29. The minimum absolute atomic E-state index is 0.123. The summed E-state index contributed by atoms with van der Waals surface area (Å²) in [6.45, 7) is 0. The largest absolute Gasteiger partial charge is 0.382 e. The van der Waals surface area contributed by atoms with Crippen molar-refractivity contribution in [2.45, 2.75) is 4.21 Å². The van der Waals surface area contributed by atoms with Crippen molar-refractivity contribution in [3.05, 3.63) is 58.9 Å². The van der Waals surface area contributed by atoms with Crippen molar-refractivity contribution in [2.24, 2.45) is 4.40 Å². The fraction of sp³-hybridized carbons (Fsp3) is 0.125. The normalized spacial score (nSPS) is 18.3. The average Bonchev–Trinajstić information content (AvgIpc) is 3.18. The fourth-order valence-electron chi connectivity index (χ4n) is 2.12. The molecule has 0 unspecified atom stereocenters. The summed E-state index contributed by atoms with van der Waals surface area (Å²) in [7, 11) is -0.272. The molecule has 0 N–H and O–H groups in total. The lowest BCUT2D eigenvalue weighted by Gasteiger charge is -2.15. The van der Waals surface area contributed by atoms with E-state index in [1.54, 1.807) is 60.9 Å². The molecule has 0 atom stereocenters. The molecule has 2 aromatic rings. The summed E-state index contributed by atoms with van der Waals surface area (Å²) in [5, 5.41) is 1.80. The summed E-state index contributed by atoms with van der Waals surface area (Å²) < 4.78 is 29.1. The number of thioether (sulfide) groups is 1. The van der Waals surface area contributed by atoms with E-state index < -0.39 is 10.0 Å². The number of nitrogens with zero attached hydrogens (tertiary/aromatic N) is 3. The van der Waals surface area contributed by atoms with Crippen LogP contribution < -0.4 is 4.90 Å². The second kappa shape index (κ2) is 7.03. The maximum atomic E-state index is 12.8. The lowest BCUT2D eigenvalue weighted by atomic mass is 10.3. The topological polar surface area (TPSA) is 70.1 Å². The molecule has 0 bridgehead atoms. The number of hydrogen-bond acceptors (Lipinski definition) is 6. The van der Waals surface area contributed by atoms with Crippen LogP contribution in [0.15, 0.2) is 67.6 Å². The first-order chi connectivity index (χ1) is 11.9. The van der Waals surface area contributed by atoms with E-state index in [2.05, 4.69) is 4.40 Å². The third-order valence-electron chi connectivity index (χ3n) is 3.14. The predicted octanol–water partition coefficient (Wildman–Crippen LogP) is 2.98. The molecule has 2 heterocycles. The van der Waals surface area contributed by atoms with Gasteiger partial charge in [-0.3, -0.25) is 9.69 Å². The number of rotatable bonds is 4. The molecule has 3 rings (SSSR count). The Labute approximate surface area is 154 Å². The van der Waals surface area contributed by atoms with Gasteiger partial charge in [0, 0.05) is 20.3 Å². The van der Waals surface area contributed by atoms with Gasteiger partial charge in [0.05, 0.1) is 10.6 Å². The van der Waals surface area contributed by atoms with Crippen LogP contribution in [-0.2, 0) is 14.8 Å². The number of sulfonamides is 1. The van der Waals surface area contributed by atoms with Gasteiger partial charge in [0.25, 0.3) is 15.9 Å². The molecule has 0 aliphatic carbocycles. The Hall–Kier alpha value is -2.10. The molecule has 25 heavy (non-hydrogen) atoms. The smallest absolute Gasteiger partial charge is 0.294 e. The van der Waals surface area contributed by atoms with Crippen LogP contribution in [0.5, 0.6) is 0 Å². The van der Waals surface area contributed by atoms with Crippen LogP contribution in [0.3, 0.4) is 0 Å². The molecular weight excluding hydrogens is 378 g/mol. The summed E-state index contributed by atoms with van der Waals surface area (Å²) in [5.74, 6) is -0.301. The van der Waals surface area contributed by atoms with Crippen molar-refractivity contribution in [2.75, 3.05) is 19.0 Å². The first-order valence-corrected chi connectivity index (χ1v) is 10.4. The summed E-state index contributed by atoms with van der Waals surface area (Å²) in [6, 6.07) is 12.0. The van der Waals surface area contributed by atoms with Crippen LogP contribution in [0.1, 0.15) is 0 Å². The van der Waals surface area contributed by atoms with Gasteiger partial charge in [-0.25, -0.2) is 0 Å². The van der Waals surface area contributed by atoms with Gasteiger partial charge in [0.15, 0.2) is 5.17 Å². The predicted molar refractivity (Wildman–Crippen MR) is 102 cm³/mol. The van der Waals surface area contributed by atoms with Gasteiger partial charge in [-0.15, -0.1) is 15.7 Å². The molecular formula is C16H15N3O3S3. The summed E-state index contributed by atoms with van der Waals surface area (Å²) in [4.78, 5) is 16.2. The van der Waals surface area contributed by atoms with E-state index in [9.17, 15) is 13.2 Å². The van der Waals surface area contributed by atoms with Crippen molar-refractivity contribution < 1.29 is 13.2 Å². The molecule has 1 aromatic carbocycles. The highest BCUT2D eigenvalue weighted by Crippen LogP contribution is 2.36. The lowest BCUT2D eigenvalue weighted by molar-refractivity contribution is -0.113. The number of hydrogen-bond donors (Lipinski definition) is 0. The van der Waals surface area contributed by atoms with E-state index in [-0.39, 0.29) is 15.3 Å². The maximum Gasteiger partial charge on any atom is 0.294 e. The monoisotopic (exact) mass is 393 g/mol. The summed E-state index contributed by atoms with van der Waals surface area (Å²) in [6.07, 6.45) is 1.66. The van der Waals surface area contributed by atoms with Crippen LogP contribution >= 0.6 is 23.1 Å². The Balaban J connectivity index is 2.09. The van der Waals surface area contributed by atoms with Crippen molar-refractivity contribution in [3.63, 3.8) is 0 Å². The fourth-order valence-corrected chi connectivity index (χ4v) is 5.33. The van der Waals surface area contributed by atoms with Crippen LogP contribution in [0.25, 0.3) is 0 Å². The number of thiophene rings is 1. The van der Waals surface area contributed by atoms with Gasteiger partial charge in [-0.2, -0.15) is 8.42 Å². The van der Waals surface area contributed by atoms with Gasteiger partial charge in [0.1, 0.15) is 4.21 Å². The minimum Gasteiger partial charge on any atom is -0.382 e. The van der Waals surface area contributed by atoms with E-state index >= 15 is 0 Å². The van der Waals surface area contributed by atoms with E-state index in [1.807, 2.05) is 6.07 Å². The van der Waals surface area contributed by atoms with Crippen molar-refractivity contribution in [3.8, 4) is 0 Å². The zero-order valence-corrected chi connectivity index (χ0v) is 15.9. The van der Waals surface area contributed by atoms with E-state index in [0.29, 0.717) is 10.6 Å². The second-order valence-corrected chi connectivity index (χ2v) is 9.10. The standard InChI is InChI=1S/C16H15N3O3S3/c1-18(2)11-13-15(20)19(12-7-4-3-5-8-12)16(24-13)17-25(21,22)14-9-6-10-23-14/h3-11H,1-2H3. The van der Waals surface area contributed by atoms with Crippen LogP contribution in [-0.4, -0.2) is 38.5 Å². The number of anilines is 1. The Kier molecular flexibility index (Phi) is 4.98. The average molecular weight is 394 g/mol. The van der Waals surface area contributed by atoms with Crippen molar-refractivity contribution in [1.82, 2.24) is 4.90 Å². The van der Waals surface area contributed by atoms with Gasteiger partial charge in [-0.1, -0.05) is 24.3 Å². The molecule has 1 fully saturated rings. The first kappa shape index (κ1) is 17.7. The number of carbonyl (C=O) groups excluding carboxylic acids is 1. The summed E-state index contributed by atoms with van der Waals surface area (Å²) >= 11 is 2.14. The third kappa shape index (κ3) is 3.78. The Bertz CT molecular complexity index is 934. The number of carbonyl (C=O) groups is 1. The number of benzene rings is 1. The molecule has 1 aliphatic heterocycles. The van der Waals surface area contributed by atoms with E-state index in [1.165, 1.54) is 11.0 Å². The number of amides is 1. The second-order valence-electron chi connectivity index (χ2n) is 5.32. The number of para-hydroxylation sites is 1. The minimum atomic E-state index is -3.87. The molecule has 1 aliphatic rings. The van der Waals surface area contributed by atoms with Gasteiger partial charge in [-0.05, 0) is 35.3 Å². The van der Waals surface area contributed by atoms with Crippen LogP contribution in [0, 0.1) is 0 Å². The molecule has 1 amide bonds. The molecule has 9 heteroatoms. The SMILES string of the molecule is CN(C)C=C1SC(=NS(=O)(=O)c2cccs2)N(c2ccccc2)C1=O. The highest BCUT2D eigenvalue weighted by Gasteiger charge is 2.36. The van der Waals surface area contributed by atoms with Gasteiger partial charge < -0.3 is 4.90 Å². The zero-order chi connectivity index (χ0) is 18.0. The molecule has 130 valence electrons. The maximum absolute atomic E-state index is 12.8. The first-order valence-electron chi connectivity index (χ1n) is 7.22. The van der Waals surface area contributed by atoms with Gasteiger partial charge in [0.2, 0.25) is 0 Å². The van der Waals surface area contributed by atoms with Gasteiger partial charge >= 0.3 is 0 Å². The van der Waals surface area contributed by atoms with Crippen LogP contribution in [0.4, 0.5) is 5.69 Å². The van der Waals surface area contributed by atoms with E-state index in [0.717, 1.165) is 23.1 Å². The Morgan fingerprint density at radius 2 is 1.84 bits per heavy atom. The van der Waals surface area contributed by atoms with E-state index in [4.69, 9.17) is 0 Å². The summed E-state index contributed by atoms with van der Waals surface area (Å²) in [5.41, 5.74) is 0.572. The third-order valence-corrected chi connectivity index (χ3v) is 6.86. The zero-order valence-electron chi connectivity index (χ0n) is 13.5. The molecule has 1 aromatic heterocycles. The molecule has 1 saturated heterocycles. The molecule has 0 saturated carbocycles. The Morgan fingerprint density at radius 3 is 2.44 bits per heavy atom. The number of amidine groups is 1. The Morgan fingerprint density at radius 1 is 1.12 bits per heavy atom. The molecule has 6 nitrogen and oxygen atoms in total. The highest BCUT2D eigenvalue weighted by atomic mass is 32.2. The highest BCUT2D eigenvalue weighted by molar-refractivity contribution is 8.19. The van der Waals surface area contributed by atoms with Crippen LogP contribution in [0.2, 0.25) is 0 Å². The molecule has 0 spiro atoms. The molecule has 0 radical (unpaired) electrons. The van der Waals surface area contributed by atoms with Crippen molar-refractivity contribution in [1.29, 1.82) is 0 Å².